The summed E-state index contributed by atoms with van der Waals surface area (Å²) in [6, 6.07) is 12.8. The third-order valence-corrected chi connectivity index (χ3v) is 3.73. The molecule has 0 spiro atoms. The van der Waals surface area contributed by atoms with Gasteiger partial charge in [-0.05, 0) is 18.6 Å². The Morgan fingerprint density at radius 2 is 2.00 bits per heavy atom. The summed E-state index contributed by atoms with van der Waals surface area (Å²) in [5.74, 6) is 1.09. The van der Waals surface area contributed by atoms with Crippen LogP contribution in [0.25, 0.3) is 11.3 Å². The van der Waals surface area contributed by atoms with Gasteiger partial charge in [-0.25, -0.2) is 4.98 Å². The molecule has 1 aliphatic rings. The molecule has 23 heavy (non-hydrogen) atoms. The molecule has 2 heterocycles. The fourth-order valence-electron chi connectivity index (χ4n) is 2.67. The Morgan fingerprint density at radius 3 is 2.74 bits per heavy atom. The highest BCUT2D eigenvalue weighted by Gasteiger charge is 2.16. The summed E-state index contributed by atoms with van der Waals surface area (Å²) in [7, 11) is 0. The minimum Gasteiger partial charge on any atom is -0.345 e. The van der Waals surface area contributed by atoms with Crippen molar-refractivity contribution in [3.63, 3.8) is 0 Å². The smallest absolute Gasteiger partial charge is 0.163 e. The molecular formula is C17H12N6. The number of aryl methyl sites for hydroxylation is 1. The van der Waals surface area contributed by atoms with Crippen LogP contribution in [-0.4, -0.2) is 9.55 Å². The van der Waals surface area contributed by atoms with Crippen LogP contribution in [-0.2, 0) is 13.0 Å². The fourth-order valence-corrected chi connectivity index (χ4v) is 2.67. The lowest BCUT2D eigenvalue weighted by Gasteiger charge is -2.09. The molecule has 6 nitrogen and oxygen atoms in total. The molecule has 1 N–H and O–H groups in total. The number of imidazole rings is 1. The second-order valence-corrected chi connectivity index (χ2v) is 5.11. The minimum absolute atomic E-state index is 0.0503. The molecule has 0 atom stereocenters. The average Bonchev–Trinajstić information content (AvgIpc) is 3.18. The lowest BCUT2D eigenvalue weighted by molar-refractivity contribution is 0.756. The maximum Gasteiger partial charge on any atom is 0.163 e. The highest BCUT2D eigenvalue weighted by atomic mass is 15.1. The SMILES string of the molecule is N#CC(C#N)=C(C#N)Nc1cccc(-c2cnc3n2CCC3)c1. The number of anilines is 1. The molecule has 2 aromatic rings. The summed E-state index contributed by atoms with van der Waals surface area (Å²) in [4.78, 5) is 4.43. The summed E-state index contributed by atoms with van der Waals surface area (Å²) in [6.07, 6.45) is 3.95. The molecule has 0 fully saturated rings. The van der Waals surface area contributed by atoms with Crippen LogP contribution in [0.1, 0.15) is 12.2 Å². The zero-order chi connectivity index (χ0) is 16.2. The van der Waals surface area contributed by atoms with Gasteiger partial charge in [0.2, 0.25) is 0 Å². The second kappa shape index (κ2) is 6.05. The van der Waals surface area contributed by atoms with Crippen molar-refractivity contribution in [2.75, 3.05) is 5.32 Å². The molecule has 110 valence electrons. The summed E-state index contributed by atoms with van der Waals surface area (Å²) in [5, 5.41) is 29.7. The standard InChI is InChI=1S/C17H12N6/c18-8-13(9-19)15(10-20)22-14-4-1-3-12(7-14)16-11-21-17-5-2-6-23(16)17/h1,3-4,7,11,22H,2,5-6H2. The monoisotopic (exact) mass is 300 g/mol. The van der Waals surface area contributed by atoms with E-state index >= 15 is 0 Å². The number of nitrogens with one attached hydrogen (secondary N) is 1. The Morgan fingerprint density at radius 1 is 1.17 bits per heavy atom. The quantitative estimate of drug-likeness (QED) is 0.878. The Balaban J connectivity index is 1.95. The van der Waals surface area contributed by atoms with E-state index in [1.807, 2.05) is 30.5 Å². The van der Waals surface area contributed by atoms with Crippen molar-refractivity contribution < 1.29 is 0 Å². The van der Waals surface area contributed by atoms with Gasteiger partial charge in [0.25, 0.3) is 0 Å². The van der Waals surface area contributed by atoms with Crippen molar-refractivity contribution in [3.8, 4) is 29.5 Å². The van der Waals surface area contributed by atoms with Crippen LogP contribution in [0.15, 0.2) is 41.7 Å². The van der Waals surface area contributed by atoms with Gasteiger partial charge in [0, 0.05) is 24.2 Å². The van der Waals surface area contributed by atoms with E-state index in [-0.39, 0.29) is 11.3 Å². The molecule has 6 heteroatoms. The van der Waals surface area contributed by atoms with Crippen LogP contribution in [0.2, 0.25) is 0 Å². The predicted molar refractivity (Wildman–Crippen MR) is 83.5 cm³/mol. The van der Waals surface area contributed by atoms with Gasteiger partial charge in [0.15, 0.2) is 5.57 Å². The van der Waals surface area contributed by atoms with Gasteiger partial charge < -0.3 is 9.88 Å². The van der Waals surface area contributed by atoms with Gasteiger partial charge in [-0.2, -0.15) is 15.8 Å². The zero-order valence-corrected chi connectivity index (χ0v) is 12.2. The summed E-state index contributed by atoms with van der Waals surface area (Å²) in [5.41, 5.74) is 2.37. The van der Waals surface area contributed by atoms with Gasteiger partial charge in [0.05, 0.1) is 11.9 Å². The lowest BCUT2D eigenvalue weighted by Crippen LogP contribution is -2.01. The molecule has 0 amide bonds. The molecule has 0 aliphatic carbocycles. The van der Waals surface area contributed by atoms with Gasteiger partial charge in [0.1, 0.15) is 29.7 Å². The predicted octanol–water partition coefficient (Wildman–Crippen LogP) is 2.73. The van der Waals surface area contributed by atoms with Crippen molar-refractivity contribution >= 4 is 5.69 Å². The average molecular weight is 300 g/mol. The van der Waals surface area contributed by atoms with E-state index in [1.54, 1.807) is 18.2 Å². The Hall–Kier alpha value is -3.56. The van der Waals surface area contributed by atoms with Crippen molar-refractivity contribution in [3.05, 3.63) is 47.6 Å². The summed E-state index contributed by atoms with van der Waals surface area (Å²) in [6.45, 7) is 0.957. The molecule has 0 bridgehead atoms. The molecule has 1 aromatic heterocycles. The normalized spacial score (nSPS) is 11.7. The van der Waals surface area contributed by atoms with Gasteiger partial charge in [-0.3, -0.25) is 0 Å². The number of aromatic nitrogens is 2. The Kier molecular flexibility index (Phi) is 3.78. The van der Waals surface area contributed by atoms with Crippen molar-refractivity contribution in [1.82, 2.24) is 9.55 Å². The molecule has 3 rings (SSSR count). The van der Waals surface area contributed by atoms with Gasteiger partial charge in [-0.15, -0.1) is 0 Å². The highest BCUT2D eigenvalue weighted by molar-refractivity contribution is 5.68. The molecule has 1 aromatic carbocycles. The number of fused-ring (bicyclic) bond motifs is 1. The first kappa shape index (κ1) is 14.4. The van der Waals surface area contributed by atoms with Crippen LogP contribution in [0.5, 0.6) is 0 Å². The van der Waals surface area contributed by atoms with Crippen LogP contribution in [0, 0.1) is 34.0 Å². The van der Waals surface area contributed by atoms with Gasteiger partial charge >= 0.3 is 0 Å². The molecule has 0 saturated carbocycles. The number of hydrogen-bond acceptors (Lipinski definition) is 5. The number of nitriles is 3. The van der Waals surface area contributed by atoms with Crippen LogP contribution in [0.4, 0.5) is 5.69 Å². The maximum absolute atomic E-state index is 9.11. The maximum atomic E-state index is 9.11. The molecule has 0 unspecified atom stereocenters. The van der Waals surface area contributed by atoms with Crippen molar-refractivity contribution in [2.45, 2.75) is 19.4 Å². The number of allylic oxidation sites excluding steroid dienone is 2. The lowest BCUT2D eigenvalue weighted by atomic mass is 10.1. The Bertz CT molecular complexity index is 898. The third kappa shape index (κ3) is 2.64. The van der Waals surface area contributed by atoms with E-state index in [1.165, 1.54) is 0 Å². The van der Waals surface area contributed by atoms with E-state index in [4.69, 9.17) is 15.8 Å². The first-order valence-electron chi connectivity index (χ1n) is 7.13. The van der Waals surface area contributed by atoms with Crippen molar-refractivity contribution in [2.24, 2.45) is 0 Å². The van der Waals surface area contributed by atoms with E-state index in [2.05, 4.69) is 14.9 Å². The number of hydrogen-bond donors (Lipinski definition) is 1. The first-order chi connectivity index (χ1) is 11.3. The Labute approximate surface area is 133 Å². The van der Waals surface area contributed by atoms with E-state index in [0.29, 0.717) is 5.69 Å². The van der Waals surface area contributed by atoms with E-state index in [9.17, 15) is 0 Å². The third-order valence-electron chi connectivity index (χ3n) is 3.73. The van der Waals surface area contributed by atoms with E-state index < -0.39 is 0 Å². The van der Waals surface area contributed by atoms with Crippen molar-refractivity contribution in [1.29, 1.82) is 15.8 Å². The summed E-state index contributed by atoms with van der Waals surface area (Å²) < 4.78 is 2.19. The first-order valence-corrected chi connectivity index (χ1v) is 7.13. The fraction of sp³-hybridized carbons (Fsp3) is 0.176. The van der Waals surface area contributed by atoms with E-state index in [0.717, 1.165) is 36.5 Å². The molecular weight excluding hydrogens is 288 g/mol. The molecule has 0 saturated heterocycles. The van der Waals surface area contributed by atoms with Gasteiger partial charge in [-0.1, -0.05) is 12.1 Å². The molecule has 1 aliphatic heterocycles. The second-order valence-electron chi connectivity index (χ2n) is 5.11. The topological polar surface area (TPSA) is 101 Å². The number of rotatable bonds is 3. The number of nitrogens with zero attached hydrogens (tertiary/aromatic N) is 5. The van der Waals surface area contributed by atoms with Crippen LogP contribution in [0.3, 0.4) is 0 Å². The highest BCUT2D eigenvalue weighted by Crippen LogP contribution is 2.27. The molecule has 0 radical (unpaired) electrons. The summed E-state index contributed by atoms with van der Waals surface area (Å²) >= 11 is 0. The zero-order valence-electron chi connectivity index (χ0n) is 12.2. The number of benzene rings is 1. The van der Waals surface area contributed by atoms with Crippen LogP contribution < -0.4 is 5.32 Å². The minimum atomic E-state index is -0.233. The van der Waals surface area contributed by atoms with Crippen LogP contribution >= 0.6 is 0 Å². The largest absolute Gasteiger partial charge is 0.345 e.